The first-order valence-electron chi connectivity index (χ1n) is 7.04. The van der Waals surface area contributed by atoms with E-state index < -0.39 is 9.84 Å². The Bertz CT molecular complexity index is 1140. The van der Waals surface area contributed by atoms with E-state index in [1.165, 1.54) is 0 Å². The molecule has 23 heavy (non-hydrogen) atoms. The van der Waals surface area contributed by atoms with Gasteiger partial charge in [0.15, 0.2) is 5.03 Å². The van der Waals surface area contributed by atoms with Crippen molar-refractivity contribution in [2.75, 3.05) is 5.73 Å². The maximum atomic E-state index is 13.1. The lowest BCUT2D eigenvalue weighted by Crippen LogP contribution is -2.04. The van der Waals surface area contributed by atoms with E-state index in [2.05, 4.69) is 10.2 Å². The summed E-state index contributed by atoms with van der Waals surface area (Å²) in [6.45, 7) is 0. The number of nitrogens with zero attached hydrogens (tertiary/aromatic N) is 1. The summed E-state index contributed by atoms with van der Waals surface area (Å²) in [4.78, 5) is 0.262. The van der Waals surface area contributed by atoms with Crippen LogP contribution in [0, 0.1) is 0 Å². The summed E-state index contributed by atoms with van der Waals surface area (Å²) < 4.78 is 26.2. The minimum absolute atomic E-state index is 0.0869. The second-order valence-corrected chi connectivity index (χ2v) is 7.16. The van der Waals surface area contributed by atoms with Crippen LogP contribution in [-0.2, 0) is 9.84 Å². The molecule has 114 valence electrons. The molecule has 4 aromatic rings. The number of benzene rings is 3. The van der Waals surface area contributed by atoms with E-state index in [0.717, 1.165) is 5.39 Å². The number of aromatic nitrogens is 2. The Morgan fingerprint density at radius 3 is 2.57 bits per heavy atom. The van der Waals surface area contributed by atoms with E-state index >= 15 is 0 Å². The highest BCUT2D eigenvalue weighted by atomic mass is 32.2. The third kappa shape index (κ3) is 2.07. The summed E-state index contributed by atoms with van der Waals surface area (Å²) in [6.07, 6.45) is 0. The number of sulfone groups is 1. The summed E-state index contributed by atoms with van der Waals surface area (Å²) >= 11 is 0. The highest BCUT2D eigenvalue weighted by Gasteiger charge is 2.24. The molecule has 4 rings (SSSR count). The molecule has 0 amide bonds. The molecule has 0 fully saturated rings. The van der Waals surface area contributed by atoms with Crippen molar-refractivity contribution in [1.82, 2.24) is 10.2 Å². The Hall–Kier alpha value is -2.86. The zero-order valence-corrected chi connectivity index (χ0v) is 12.8. The van der Waals surface area contributed by atoms with E-state index in [-0.39, 0.29) is 9.92 Å². The predicted octanol–water partition coefficient (Wildman–Crippen LogP) is 3.13. The molecule has 0 bridgehead atoms. The number of hydrogen-bond donors (Lipinski definition) is 2. The van der Waals surface area contributed by atoms with Gasteiger partial charge in [-0.25, -0.2) is 8.42 Å². The van der Waals surface area contributed by atoms with Gasteiger partial charge in [0.05, 0.1) is 10.4 Å². The standard InChI is InChI=1S/C17H13N3O2S/c18-12-8-9-14-15(10-12)19-20-17(14)23(21,22)16-7-3-5-11-4-1-2-6-13(11)16/h1-10H,18H2,(H,19,20). The quantitative estimate of drug-likeness (QED) is 0.555. The van der Waals surface area contributed by atoms with Gasteiger partial charge < -0.3 is 5.73 Å². The van der Waals surface area contributed by atoms with Gasteiger partial charge in [0, 0.05) is 16.5 Å². The largest absolute Gasteiger partial charge is 0.399 e. The average Bonchev–Trinajstić information content (AvgIpc) is 2.98. The first-order valence-corrected chi connectivity index (χ1v) is 8.52. The van der Waals surface area contributed by atoms with Gasteiger partial charge in [-0.3, -0.25) is 5.10 Å². The number of fused-ring (bicyclic) bond motifs is 2. The second-order valence-electron chi connectivity index (χ2n) is 5.31. The van der Waals surface area contributed by atoms with Crippen LogP contribution in [0.4, 0.5) is 5.69 Å². The van der Waals surface area contributed by atoms with E-state index in [1.54, 1.807) is 36.4 Å². The Morgan fingerprint density at radius 1 is 0.913 bits per heavy atom. The van der Waals surface area contributed by atoms with Crippen LogP contribution in [0.15, 0.2) is 70.6 Å². The molecule has 1 heterocycles. The Labute approximate surface area is 132 Å². The molecule has 3 aromatic carbocycles. The monoisotopic (exact) mass is 323 g/mol. The van der Waals surface area contributed by atoms with E-state index in [4.69, 9.17) is 5.73 Å². The van der Waals surface area contributed by atoms with Crippen LogP contribution in [0.3, 0.4) is 0 Å². The maximum Gasteiger partial charge on any atom is 0.224 e. The second kappa shape index (κ2) is 4.82. The number of aromatic amines is 1. The molecular formula is C17H13N3O2S. The van der Waals surface area contributed by atoms with Crippen LogP contribution in [0.25, 0.3) is 21.7 Å². The van der Waals surface area contributed by atoms with Gasteiger partial charge in [0.2, 0.25) is 9.84 Å². The maximum absolute atomic E-state index is 13.1. The molecule has 0 unspecified atom stereocenters. The third-order valence-electron chi connectivity index (χ3n) is 3.85. The van der Waals surface area contributed by atoms with Crippen molar-refractivity contribution in [3.05, 3.63) is 60.7 Å². The molecule has 0 aliphatic rings. The predicted molar refractivity (Wildman–Crippen MR) is 89.9 cm³/mol. The number of rotatable bonds is 2. The number of H-pyrrole nitrogens is 1. The zero-order valence-electron chi connectivity index (χ0n) is 12.0. The molecule has 1 aromatic heterocycles. The summed E-state index contributed by atoms with van der Waals surface area (Å²) in [5, 5.41) is 8.90. The lowest BCUT2D eigenvalue weighted by atomic mass is 10.1. The fourth-order valence-electron chi connectivity index (χ4n) is 2.75. The summed E-state index contributed by atoms with van der Waals surface area (Å²) in [5.41, 5.74) is 6.80. The molecule has 0 aliphatic carbocycles. The SMILES string of the molecule is Nc1ccc2c(S(=O)(=O)c3cccc4ccccc34)[nH]nc2c1. The minimum Gasteiger partial charge on any atom is -0.399 e. The Morgan fingerprint density at radius 2 is 1.70 bits per heavy atom. The molecule has 0 saturated carbocycles. The van der Waals surface area contributed by atoms with Crippen molar-refractivity contribution in [2.45, 2.75) is 9.92 Å². The van der Waals surface area contributed by atoms with Crippen molar-refractivity contribution in [3.8, 4) is 0 Å². The van der Waals surface area contributed by atoms with Gasteiger partial charge in [0.1, 0.15) is 0 Å². The number of nitrogens with two attached hydrogens (primary N) is 1. The molecule has 3 N–H and O–H groups in total. The van der Waals surface area contributed by atoms with E-state index in [9.17, 15) is 8.42 Å². The Balaban J connectivity index is 2.02. The van der Waals surface area contributed by atoms with E-state index in [0.29, 0.717) is 22.0 Å². The number of anilines is 1. The van der Waals surface area contributed by atoms with Crippen molar-refractivity contribution in [2.24, 2.45) is 0 Å². The van der Waals surface area contributed by atoms with Gasteiger partial charge in [-0.15, -0.1) is 0 Å². The number of nitrogen functional groups attached to an aromatic ring is 1. The van der Waals surface area contributed by atoms with Gasteiger partial charge in [-0.1, -0.05) is 36.4 Å². The summed E-state index contributed by atoms with van der Waals surface area (Å²) in [6, 6.07) is 17.6. The summed E-state index contributed by atoms with van der Waals surface area (Å²) in [5.74, 6) is 0. The molecule has 0 aliphatic heterocycles. The van der Waals surface area contributed by atoms with Gasteiger partial charge in [-0.05, 0) is 29.7 Å². The molecule has 0 saturated heterocycles. The summed E-state index contributed by atoms with van der Waals surface area (Å²) in [7, 11) is -3.72. The van der Waals surface area contributed by atoms with Gasteiger partial charge >= 0.3 is 0 Å². The van der Waals surface area contributed by atoms with Gasteiger partial charge in [0.25, 0.3) is 0 Å². The normalized spacial score (nSPS) is 12.0. The lowest BCUT2D eigenvalue weighted by molar-refractivity contribution is 0.593. The molecule has 0 atom stereocenters. The van der Waals surface area contributed by atoms with Crippen LogP contribution in [0.5, 0.6) is 0 Å². The topological polar surface area (TPSA) is 88.8 Å². The van der Waals surface area contributed by atoms with Crippen LogP contribution >= 0.6 is 0 Å². The van der Waals surface area contributed by atoms with Crippen LogP contribution < -0.4 is 5.73 Å². The number of nitrogens with one attached hydrogen (secondary N) is 1. The molecular weight excluding hydrogens is 310 g/mol. The molecule has 0 radical (unpaired) electrons. The fourth-order valence-corrected chi connectivity index (χ4v) is 4.33. The first kappa shape index (κ1) is 13.8. The third-order valence-corrected chi connectivity index (χ3v) is 5.64. The highest BCUT2D eigenvalue weighted by molar-refractivity contribution is 7.91. The molecule has 5 nitrogen and oxygen atoms in total. The fraction of sp³-hybridized carbons (Fsp3) is 0. The van der Waals surface area contributed by atoms with Crippen molar-refractivity contribution < 1.29 is 8.42 Å². The molecule has 6 heteroatoms. The first-order chi connectivity index (χ1) is 11.1. The van der Waals surface area contributed by atoms with Crippen LogP contribution in [-0.4, -0.2) is 18.6 Å². The van der Waals surface area contributed by atoms with Crippen molar-refractivity contribution in [3.63, 3.8) is 0 Å². The van der Waals surface area contributed by atoms with Crippen molar-refractivity contribution >= 4 is 37.2 Å². The van der Waals surface area contributed by atoms with Crippen molar-refractivity contribution in [1.29, 1.82) is 0 Å². The van der Waals surface area contributed by atoms with Crippen LogP contribution in [0.2, 0.25) is 0 Å². The molecule has 0 spiro atoms. The van der Waals surface area contributed by atoms with Crippen LogP contribution in [0.1, 0.15) is 0 Å². The highest BCUT2D eigenvalue weighted by Crippen LogP contribution is 2.31. The zero-order chi connectivity index (χ0) is 16.0. The van der Waals surface area contributed by atoms with Gasteiger partial charge in [-0.2, -0.15) is 5.10 Å². The number of hydrogen-bond acceptors (Lipinski definition) is 4. The lowest BCUT2D eigenvalue weighted by Gasteiger charge is -2.07. The average molecular weight is 323 g/mol. The minimum atomic E-state index is -3.72. The smallest absolute Gasteiger partial charge is 0.224 e. The Kier molecular flexibility index (Phi) is 2.89. The van der Waals surface area contributed by atoms with E-state index in [1.807, 2.05) is 24.3 Å².